The summed E-state index contributed by atoms with van der Waals surface area (Å²) in [7, 11) is 0. The number of amides is 1. The number of ketones is 1. The van der Waals surface area contributed by atoms with Crippen molar-refractivity contribution in [2.45, 2.75) is 6.42 Å². The summed E-state index contributed by atoms with van der Waals surface area (Å²) in [5.74, 6) is -0.0930. The first-order valence-electron chi connectivity index (χ1n) is 8.42. The number of hydrogen-bond acceptors (Lipinski definition) is 2. The monoisotopic (exact) mass is 341 g/mol. The van der Waals surface area contributed by atoms with Crippen LogP contribution in [0.25, 0.3) is 6.08 Å². The Morgan fingerprint density at radius 3 is 2.04 bits per heavy atom. The number of anilines is 1. The summed E-state index contributed by atoms with van der Waals surface area (Å²) in [6.45, 7) is 0. The standard InChI is InChI=1S/C23H19NO2/c25-22(20-9-5-2-6-10-20)16-13-18-11-14-21(15-12-18)24-23(26)17-19-7-3-1-4-8-19/h1-16H,17H2,(H,24,26)/b16-13+. The number of carbonyl (C=O) groups is 2. The van der Waals surface area contributed by atoms with Gasteiger partial charge >= 0.3 is 0 Å². The molecule has 0 aliphatic rings. The average Bonchev–Trinajstić information content (AvgIpc) is 2.68. The third-order valence-electron chi connectivity index (χ3n) is 3.89. The molecule has 3 aromatic rings. The topological polar surface area (TPSA) is 46.2 Å². The Balaban J connectivity index is 1.57. The fraction of sp³-hybridized carbons (Fsp3) is 0.0435. The number of hydrogen-bond donors (Lipinski definition) is 1. The lowest BCUT2D eigenvalue weighted by atomic mass is 10.1. The van der Waals surface area contributed by atoms with Gasteiger partial charge in [0, 0.05) is 11.3 Å². The number of benzene rings is 3. The van der Waals surface area contributed by atoms with Crippen LogP contribution in [0.1, 0.15) is 21.5 Å². The molecule has 3 aromatic carbocycles. The van der Waals surface area contributed by atoms with Crippen LogP contribution in [0.2, 0.25) is 0 Å². The van der Waals surface area contributed by atoms with E-state index < -0.39 is 0 Å². The second-order valence-electron chi connectivity index (χ2n) is 5.90. The van der Waals surface area contributed by atoms with Gasteiger partial charge in [0.05, 0.1) is 6.42 Å². The van der Waals surface area contributed by atoms with E-state index >= 15 is 0 Å². The Labute approximate surface area is 153 Å². The van der Waals surface area contributed by atoms with Gasteiger partial charge in [-0.3, -0.25) is 9.59 Å². The SMILES string of the molecule is O=C(Cc1ccccc1)Nc1ccc(/C=C/C(=O)c2ccccc2)cc1. The molecule has 0 unspecified atom stereocenters. The van der Waals surface area contributed by atoms with E-state index in [4.69, 9.17) is 0 Å². The third kappa shape index (κ3) is 5.02. The highest BCUT2D eigenvalue weighted by Crippen LogP contribution is 2.12. The van der Waals surface area contributed by atoms with E-state index in [2.05, 4.69) is 5.32 Å². The fourth-order valence-corrected chi connectivity index (χ4v) is 2.53. The molecule has 0 radical (unpaired) electrons. The molecule has 0 spiro atoms. The zero-order valence-corrected chi connectivity index (χ0v) is 14.3. The van der Waals surface area contributed by atoms with Crippen molar-refractivity contribution in [1.29, 1.82) is 0 Å². The average molecular weight is 341 g/mol. The van der Waals surface area contributed by atoms with E-state index in [0.717, 1.165) is 16.8 Å². The summed E-state index contributed by atoms with van der Waals surface area (Å²) in [6, 6.07) is 26.2. The van der Waals surface area contributed by atoms with Gasteiger partial charge < -0.3 is 5.32 Å². The van der Waals surface area contributed by atoms with Crippen molar-refractivity contribution in [3.63, 3.8) is 0 Å². The molecule has 3 rings (SSSR count). The lowest BCUT2D eigenvalue weighted by Gasteiger charge is -2.05. The largest absolute Gasteiger partial charge is 0.326 e. The van der Waals surface area contributed by atoms with E-state index in [9.17, 15) is 9.59 Å². The number of carbonyl (C=O) groups excluding carboxylic acids is 2. The van der Waals surface area contributed by atoms with Crippen molar-refractivity contribution in [2.24, 2.45) is 0 Å². The molecule has 0 fully saturated rings. The molecular formula is C23H19NO2. The minimum Gasteiger partial charge on any atom is -0.326 e. The van der Waals surface area contributed by atoms with Crippen molar-refractivity contribution in [2.75, 3.05) is 5.32 Å². The predicted octanol–water partition coefficient (Wildman–Crippen LogP) is 4.76. The van der Waals surface area contributed by atoms with Crippen LogP contribution in [0.4, 0.5) is 5.69 Å². The van der Waals surface area contributed by atoms with E-state index in [0.29, 0.717) is 12.0 Å². The molecule has 128 valence electrons. The lowest BCUT2D eigenvalue weighted by molar-refractivity contribution is -0.115. The summed E-state index contributed by atoms with van der Waals surface area (Å²) in [6.07, 6.45) is 3.66. The van der Waals surface area contributed by atoms with E-state index in [1.807, 2.05) is 72.8 Å². The highest BCUT2D eigenvalue weighted by Gasteiger charge is 2.04. The minimum atomic E-state index is -0.0567. The van der Waals surface area contributed by atoms with Gasteiger partial charge in [0.15, 0.2) is 5.78 Å². The first-order chi connectivity index (χ1) is 12.7. The van der Waals surface area contributed by atoms with Crippen LogP contribution in [0.3, 0.4) is 0 Å². The van der Waals surface area contributed by atoms with Crippen LogP contribution < -0.4 is 5.32 Å². The Morgan fingerprint density at radius 1 is 0.769 bits per heavy atom. The molecule has 3 nitrogen and oxygen atoms in total. The van der Waals surface area contributed by atoms with Crippen LogP contribution in [0.15, 0.2) is 91.0 Å². The number of allylic oxidation sites excluding steroid dienone is 1. The summed E-state index contributed by atoms with van der Waals surface area (Å²) in [5.41, 5.74) is 3.27. The predicted molar refractivity (Wildman–Crippen MR) is 105 cm³/mol. The molecule has 3 heteroatoms. The highest BCUT2D eigenvalue weighted by molar-refractivity contribution is 6.06. The number of rotatable bonds is 6. The van der Waals surface area contributed by atoms with Gasteiger partial charge in [0.25, 0.3) is 0 Å². The second kappa shape index (κ2) is 8.58. The molecule has 1 amide bonds. The van der Waals surface area contributed by atoms with Gasteiger partial charge in [-0.15, -0.1) is 0 Å². The maximum atomic E-state index is 12.1. The van der Waals surface area contributed by atoms with Crippen LogP contribution in [0, 0.1) is 0 Å². The molecule has 0 saturated carbocycles. The second-order valence-corrected chi connectivity index (χ2v) is 5.90. The lowest BCUT2D eigenvalue weighted by Crippen LogP contribution is -2.14. The van der Waals surface area contributed by atoms with E-state index in [1.54, 1.807) is 24.3 Å². The molecule has 0 bridgehead atoms. The van der Waals surface area contributed by atoms with Gasteiger partial charge in [0.1, 0.15) is 0 Å². The van der Waals surface area contributed by atoms with Crippen LogP contribution in [-0.4, -0.2) is 11.7 Å². The summed E-state index contributed by atoms with van der Waals surface area (Å²) >= 11 is 0. The van der Waals surface area contributed by atoms with Crippen molar-refractivity contribution >= 4 is 23.5 Å². The van der Waals surface area contributed by atoms with Gasteiger partial charge in [-0.1, -0.05) is 78.9 Å². The third-order valence-corrected chi connectivity index (χ3v) is 3.89. The Hall–Kier alpha value is -3.46. The van der Waals surface area contributed by atoms with Gasteiger partial charge in [-0.05, 0) is 29.3 Å². The van der Waals surface area contributed by atoms with Crippen LogP contribution in [-0.2, 0) is 11.2 Å². The molecule has 0 aliphatic heterocycles. The van der Waals surface area contributed by atoms with Crippen molar-refractivity contribution in [3.05, 3.63) is 108 Å². The molecule has 0 heterocycles. The van der Waals surface area contributed by atoms with Crippen molar-refractivity contribution < 1.29 is 9.59 Å². The normalized spacial score (nSPS) is 10.6. The van der Waals surface area contributed by atoms with E-state index in [1.165, 1.54) is 0 Å². The molecule has 0 saturated heterocycles. The maximum Gasteiger partial charge on any atom is 0.228 e. The summed E-state index contributed by atoms with van der Waals surface area (Å²) in [4.78, 5) is 24.1. The zero-order chi connectivity index (χ0) is 18.2. The smallest absolute Gasteiger partial charge is 0.228 e. The molecule has 0 atom stereocenters. The molecule has 0 aliphatic carbocycles. The van der Waals surface area contributed by atoms with Crippen molar-refractivity contribution in [3.8, 4) is 0 Å². The Bertz CT molecular complexity index is 898. The summed E-state index contributed by atoms with van der Waals surface area (Å²) in [5, 5.41) is 2.88. The quantitative estimate of drug-likeness (QED) is 0.519. The number of nitrogens with one attached hydrogen (secondary N) is 1. The van der Waals surface area contributed by atoms with Crippen LogP contribution >= 0.6 is 0 Å². The van der Waals surface area contributed by atoms with Gasteiger partial charge in [-0.2, -0.15) is 0 Å². The maximum absolute atomic E-state index is 12.1. The van der Waals surface area contributed by atoms with Crippen molar-refractivity contribution in [1.82, 2.24) is 0 Å². The van der Waals surface area contributed by atoms with E-state index in [-0.39, 0.29) is 11.7 Å². The summed E-state index contributed by atoms with van der Waals surface area (Å²) < 4.78 is 0. The first kappa shape index (κ1) is 17.4. The Kier molecular flexibility index (Phi) is 5.73. The molecule has 1 N–H and O–H groups in total. The molecule has 26 heavy (non-hydrogen) atoms. The molecular weight excluding hydrogens is 322 g/mol. The zero-order valence-electron chi connectivity index (χ0n) is 14.3. The highest BCUT2D eigenvalue weighted by atomic mass is 16.1. The Morgan fingerprint density at radius 2 is 1.38 bits per heavy atom. The first-order valence-corrected chi connectivity index (χ1v) is 8.42. The molecule has 0 aromatic heterocycles. The fourth-order valence-electron chi connectivity index (χ4n) is 2.53. The van der Waals surface area contributed by atoms with Crippen LogP contribution in [0.5, 0.6) is 0 Å². The minimum absolute atomic E-state index is 0.0363. The van der Waals surface area contributed by atoms with Gasteiger partial charge in [0.2, 0.25) is 5.91 Å². The van der Waals surface area contributed by atoms with Gasteiger partial charge in [-0.25, -0.2) is 0 Å².